The molecule has 0 aliphatic rings. The van der Waals surface area contributed by atoms with Crippen molar-refractivity contribution in [1.29, 1.82) is 0 Å². The molecule has 0 saturated heterocycles. The fraction of sp³-hybridized carbons (Fsp3) is 0.316. The number of nitrogens with zero attached hydrogens (tertiary/aromatic N) is 1. The second-order valence-corrected chi connectivity index (χ2v) is 8.23. The van der Waals surface area contributed by atoms with Crippen LogP contribution in [0.25, 0.3) is 0 Å². The van der Waals surface area contributed by atoms with E-state index in [4.69, 9.17) is 0 Å². The van der Waals surface area contributed by atoms with Crippen molar-refractivity contribution in [2.45, 2.75) is 26.8 Å². The lowest BCUT2D eigenvalue weighted by molar-refractivity contribution is -0.116. The lowest BCUT2D eigenvalue weighted by Crippen LogP contribution is -2.32. The van der Waals surface area contributed by atoms with E-state index in [1.807, 2.05) is 62.4 Å². The Kier molecular flexibility index (Phi) is 6.33. The Morgan fingerprint density at radius 1 is 0.960 bits per heavy atom. The number of anilines is 1. The molecule has 1 N–H and O–H groups in total. The summed E-state index contributed by atoms with van der Waals surface area (Å²) < 4.78 is 25.3. The molecule has 0 atom stereocenters. The van der Waals surface area contributed by atoms with Crippen molar-refractivity contribution in [1.82, 2.24) is 4.31 Å². The van der Waals surface area contributed by atoms with E-state index >= 15 is 0 Å². The lowest BCUT2D eigenvalue weighted by atomic mass is 10.1. The van der Waals surface area contributed by atoms with Gasteiger partial charge < -0.3 is 5.32 Å². The molecule has 2 aromatic carbocycles. The number of hydrogen-bond acceptors (Lipinski definition) is 3. The van der Waals surface area contributed by atoms with Crippen LogP contribution in [0.5, 0.6) is 0 Å². The topological polar surface area (TPSA) is 66.5 Å². The Labute approximate surface area is 149 Å². The number of carbonyl (C=O) groups excluding carboxylic acids is 1. The van der Waals surface area contributed by atoms with Crippen molar-refractivity contribution in [3.05, 3.63) is 65.2 Å². The van der Waals surface area contributed by atoms with E-state index in [2.05, 4.69) is 5.32 Å². The summed E-state index contributed by atoms with van der Waals surface area (Å²) in [6.45, 7) is 4.36. The van der Waals surface area contributed by atoms with E-state index in [0.29, 0.717) is 5.69 Å². The van der Waals surface area contributed by atoms with Gasteiger partial charge in [-0.05, 0) is 31.5 Å². The maximum absolute atomic E-state index is 12.1. The van der Waals surface area contributed by atoms with Crippen molar-refractivity contribution in [3.63, 3.8) is 0 Å². The Balaban J connectivity index is 1.96. The summed E-state index contributed by atoms with van der Waals surface area (Å²) in [6.07, 6.45) is 1.27. The van der Waals surface area contributed by atoms with Crippen molar-refractivity contribution >= 4 is 21.6 Å². The Morgan fingerprint density at radius 3 is 2.00 bits per heavy atom. The standard InChI is InChI=1S/C19H24N2O3S/c1-15-4-8-17(9-5-15)14-21(25(3,23)24)13-12-19(22)20-18-10-6-16(2)7-11-18/h4-11H,12-14H2,1-3H3,(H,20,22). The SMILES string of the molecule is Cc1ccc(CN(CCC(=O)Nc2ccc(C)cc2)S(C)(=O)=O)cc1. The van der Waals surface area contributed by atoms with Crippen molar-refractivity contribution in [2.75, 3.05) is 18.1 Å². The molecule has 1 amide bonds. The minimum absolute atomic E-state index is 0.104. The third-order valence-electron chi connectivity index (χ3n) is 3.87. The van der Waals surface area contributed by atoms with E-state index in [0.717, 1.165) is 16.7 Å². The molecule has 0 spiro atoms. The van der Waals surface area contributed by atoms with Gasteiger partial charge in [-0.25, -0.2) is 8.42 Å². The predicted molar refractivity (Wildman–Crippen MR) is 101 cm³/mol. The second-order valence-electron chi connectivity index (χ2n) is 6.25. The maximum Gasteiger partial charge on any atom is 0.225 e. The maximum atomic E-state index is 12.1. The van der Waals surface area contributed by atoms with Crippen molar-refractivity contribution < 1.29 is 13.2 Å². The fourth-order valence-electron chi connectivity index (χ4n) is 2.35. The van der Waals surface area contributed by atoms with Gasteiger partial charge in [0.05, 0.1) is 6.26 Å². The molecule has 6 heteroatoms. The second kappa shape index (κ2) is 8.27. The van der Waals surface area contributed by atoms with Crippen LogP contribution in [0, 0.1) is 13.8 Å². The summed E-state index contributed by atoms with van der Waals surface area (Å²) in [6, 6.07) is 15.2. The smallest absolute Gasteiger partial charge is 0.225 e. The molecule has 134 valence electrons. The van der Waals surface area contributed by atoms with Crippen molar-refractivity contribution in [2.24, 2.45) is 0 Å². The molecule has 5 nitrogen and oxygen atoms in total. The number of aryl methyl sites for hydroxylation is 2. The van der Waals surface area contributed by atoms with Gasteiger partial charge in [-0.15, -0.1) is 0 Å². The van der Waals surface area contributed by atoms with E-state index in [-0.39, 0.29) is 25.4 Å². The fourth-order valence-corrected chi connectivity index (χ4v) is 3.15. The normalized spacial score (nSPS) is 11.5. The number of hydrogen-bond donors (Lipinski definition) is 1. The average molecular weight is 360 g/mol. The van der Waals surface area contributed by atoms with Gasteiger partial charge in [0.2, 0.25) is 15.9 Å². The summed E-state index contributed by atoms with van der Waals surface area (Å²) >= 11 is 0. The predicted octanol–water partition coefficient (Wildman–Crippen LogP) is 3.09. The molecule has 2 aromatic rings. The van der Waals surface area contributed by atoms with Gasteiger partial charge in [0.25, 0.3) is 0 Å². The number of benzene rings is 2. The van der Waals surface area contributed by atoms with Gasteiger partial charge in [-0.2, -0.15) is 4.31 Å². The molecule has 0 heterocycles. The monoisotopic (exact) mass is 360 g/mol. The highest BCUT2D eigenvalue weighted by Crippen LogP contribution is 2.12. The molecule has 0 aromatic heterocycles. The Morgan fingerprint density at radius 2 is 1.48 bits per heavy atom. The first-order valence-electron chi connectivity index (χ1n) is 8.11. The number of amides is 1. The molecule has 0 aliphatic carbocycles. The van der Waals surface area contributed by atoms with E-state index in [1.54, 1.807) is 0 Å². The molecule has 0 fully saturated rings. The molecular weight excluding hydrogens is 336 g/mol. The molecule has 25 heavy (non-hydrogen) atoms. The van der Waals surface area contributed by atoms with Gasteiger partial charge in [0.1, 0.15) is 0 Å². The van der Waals surface area contributed by atoms with E-state index in [9.17, 15) is 13.2 Å². The number of sulfonamides is 1. The Hall–Kier alpha value is -2.18. The molecule has 0 radical (unpaired) electrons. The summed E-state index contributed by atoms with van der Waals surface area (Å²) in [5.74, 6) is -0.207. The Bertz CT molecular complexity index is 813. The largest absolute Gasteiger partial charge is 0.326 e. The van der Waals surface area contributed by atoms with Crippen molar-refractivity contribution in [3.8, 4) is 0 Å². The zero-order valence-corrected chi connectivity index (χ0v) is 15.6. The van der Waals surface area contributed by atoms with Crippen LogP contribution in [-0.4, -0.2) is 31.4 Å². The third kappa shape index (κ3) is 6.32. The number of carbonyl (C=O) groups is 1. The highest BCUT2D eigenvalue weighted by atomic mass is 32.2. The molecular formula is C19H24N2O3S. The van der Waals surface area contributed by atoms with Crippen LogP contribution >= 0.6 is 0 Å². The summed E-state index contributed by atoms with van der Waals surface area (Å²) in [5.41, 5.74) is 3.83. The first-order valence-corrected chi connectivity index (χ1v) is 9.96. The van der Waals surface area contributed by atoms with Gasteiger partial charge in [0.15, 0.2) is 0 Å². The number of rotatable bonds is 7. The first kappa shape index (κ1) is 19.1. The van der Waals surface area contributed by atoms with Crippen LogP contribution in [0.15, 0.2) is 48.5 Å². The highest BCUT2D eigenvalue weighted by molar-refractivity contribution is 7.88. The molecule has 2 rings (SSSR count). The van der Waals surface area contributed by atoms with Crippen LogP contribution in [0.1, 0.15) is 23.1 Å². The zero-order valence-electron chi connectivity index (χ0n) is 14.8. The third-order valence-corrected chi connectivity index (χ3v) is 5.12. The average Bonchev–Trinajstić information content (AvgIpc) is 2.54. The minimum Gasteiger partial charge on any atom is -0.326 e. The summed E-state index contributed by atoms with van der Waals surface area (Å²) in [4.78, 5) is 12.1. The van der Waals surface area contributed by atoms with Crippen LogP contribution in [0.3, 0.4) is 0 Å². The summed E-state index contributed by atoms with van der Waals surface area (Å²) in [7, 11) is -3.39. The number of nitrogens with one attached hydrogen (secondary N) is 1. The molecule has 0 saturated carbocycles. The van der Waals surface area contributed by atoms with Gasteiger partial charge in [-0.1, -0.05) is 47.5 Å². The molecule has 0 bridgehead atoms. The van der Waals surface area contributed by atoms with Crippen LogP contribution in [0.2, 0.25) is 0 Å². The molecule has 0 aliphatic heterocycles. The van der Waals surface area contributed by atoms with Crippen LogP contribution in [-0.2, 0) is 21.4 Å². The first-order chi connectivity index (χ1) is 11.7. The van der Waals surface area contributed by atoms with E-state index < -0.39 is 10.0 Å². The van der Waals surface area contributed by atoms with Gasteiger partial charge >= 0.3 is 0 Å². The van der Waals surface area contributed by atoms with Gasteiger partial charge in [0, 0.05) is 25.2 Å². The van der Waals surface area contributed by atoms with Crippen LogP contribution < -0.4 is 5.32 Å². The minimum atomic E-state index is -3.39. The quantitative estimate of drug-likeness (QED) is 0.825. The summed E-state index contributed by atoms with van der Waals surface area (Å²) in [5, 5.41) is 2.79. The zero-order chi connectivity index (χ0) is 18.4. The highest BCUT2D eigenvalue weighted by Gasteiger charge is 2.18. The van der Waals surface area contributed by atoms with E-state index in [1.165, 1.54) is 10.6 Å². The van der Waals surface area contributed by atoms with Crippen LogP contribution in [0.4, 0.5) is 5.69 Å². The molecule has 0 unspecified atom stereocenters. The lowest BCUT2D eigenvalue weighted by Gasteiger charge is -2.20. The van der Waals surface area contributed by atoms with Gasteiger partial charge in [-0.3, -0.25) is 4.79 Å².